The van der Waals surface area contributed by atoms with Crippen molar-refractivity contribution in [2.75, 3.05) is 13.1 Å². The lowest BCUT2D eigenvalue weighted by Crippen LogP contribution is -2.48. The van der Waals surface area contributed by atoms with E-state index in [1.54, 1.807) is 0 Å². The first-order valence-corrected chi connectivity index (χ1v) is 9.86. The van der Waals surface area contributed by atoms with Gasteiger partial charge in [-0.25, -0.2) is 0 Å². The number of likely N-dealkylation sites (tertiary alicyclic amines) is 1. The van der Waals surface area contributed by atoms with E-state index in [1.807, 2.05) is 36.9 Å². The van der Waals surface area contributed by atoms with E-state index < -0.39 is 0 Å². The van der Waals surface area contributed by atoms with E-state index in [1.165, 1.54) is 5.56 Å². The number of carbonyl (C=O) groups is 2. The minimum atomic E-state index is -0.164. The van der Waals surface area contributed by atoms with Gasteiger partial charge in [-0.2, -0.15) is 0 Å². The Bertz CT molecular complexity index is 619. The van der Waals surface area contributed by atoms with Gasteiger partial charge < -0.3 is 15.5 Å². The van der Waals surface area contributed by atoms with Crippen LogP contribution in [0.25, 0.3) is 0 Å². The molecule has 0 aromatic heterocycles. The standard InChI is InChI=1S/C21H31N3O2/c1-15(16(2)22)20(25)23-12-10-18(11-13-23)21(26)24(19-8-9-19)14-17-6-4-3-5-7-17/h3-7,15-16,18-19H,8-14,22H2,1-2H3. The average Bonchev–Trinajstić information content (AvgIpc) is 3.50. The molecule has 2 fully saturated rings. The van der Waals surface area contributed by atoms with E-state index >= 15 is 0 Å². The summed E-state index contributed by atoms with van der Waals surface area (Å²) in [5.74, 6) is 0.259. The lowest BCUT2D eigenvalue weighted by atomic mass is 9.93. The Morgan fingerprint density at radius 1 is 1.12 bits per heavy atom. The summed E-state index contributed by atoms with van der Waals surface area (Å²) in [5, 5.41) is 0. The van der Waals surface area contributed by atoms with Gasteiger partial charge in [-0.05, 0) is 38.2 Å². The first-order chi connectivity index (χ1) is 12.5. The number of piperidine rings is 1. The van der Waals surface area contributed by atoms with E-state index in [0.29, 0.717) is 25.7 Å². The Morgan fingerprint density at radius 2 is 1.73 bits per heavy atom. The summed E-state index contributed by atoms with van der Waals surface area (Å²) >= 11 is 0. The van der Waals surface area contributed by atoms with Crippen molar-refractivity contribution in [1.29, 1.82) is 0 Å². The second-order valence-corrected chi connectivity index (χ2v) is 7.93. The summed E-state index contributed by atoms with van der Waals surface area (Å²) in [4.78, 5) is 29.5. The van der Waals surface area contributed by atoms with Crippen molar-refractivity contribution >= 4 is 11.8 Å². The first kappa shape index (κ1) is 18.9. The van der Waals surface area contributed by atoms with E-state index in [4.69, 9.17) is 5.73 Å². The predicted molar refractivity (Wildman–Crippen MR) is 102 cm³/mol. The second kappa shape index (κ2) is 8.21. The van der Waals surface area contributed by atoms with Crippen molar-refractivity contribution in [3.8, 4) is 0 Å². The van der Waals surface area contributed by atoms with Gasteiger partial charge in [0.05, 0.1) is 5.92 Å². The predicted octanol–water partition coefficient (Wildman–Crippen LogP) is 2.40. The summed E-state index contributed by atoms with van der Waals surface area (Å²) in [6.07, 6.45) is 3.74. The molecule has 5 nitrogen and oxygen atoms in total. The summed E-state index contributed by atoms with van der Waals surface area (Å²) in [5.41, 5.74) is 7.05. The molecule has 2 amide bonds. The zero-order valence-corrected chi connectivity index (χ0v) is 15.9. The molecule has 0 radical (unpaired) electrons. The van der Waals surface area contributed by atoms with E-state index in [-0.39, 0.29) is 29.7 Å². The Kier molecular flexibility index (Phi) is 5.97. The number of nitrogens with two attached hydrogens (primary N) is 1. The summed E-state index contributed by atoms with van der Waals surface area (Å²) in [6, 6.07) is 10.5. The molecule has 1 aromatic carbocycles. The molecular formula is C21H31N3O2. The molecule has 2 unspecified atom stereocenters. The minimum Gasteiger partial charge on any atom is -0.342 e. The lowest BCUT2D eigenvalue weighted by molar-refractivity contribution is -0.143. The average molecular weight is 357 g/mol. The second-order valence-electron chi connectivity index (χ2n) is 7.93. The zero-order valence-electron chi connectivity index (χ0n) is 15.9. The van der Waals surface area contributed by atoms with Crippen molar-refractivity contribution in [2.24, 2.45) is 17.6 Å². The summed E-state index contributed by atoms with van der Waals surface area (Å²) in [7, 11) is 0. The van der Waals surface area contributed by atoms with E-state index in [0.717, 1.165) is 25.7 Å². The van der Waals surface area contributed by atoms with Gasteiger partial charge in [0.1, 0.15) is 0 Å². The van der Waals surface area contributed by atoms with Crippen LogP contribution in [-0.2, 0) is 16.1 Å². The molecule has 0 spiro atoms. The van der Waals surface area contributed by atoms with Gasteiger partial charge in [0.2, 0.25) is 11.8 Å². The van der Waals surface area contributed by atoms with Gasteiger partial charge >= 0.3 is 0 Å². The van der Waals surface area contributed by atoms with Crippen LogP contribution < -0.4 is 5.73 Å². The zero-order chi connectivity index (χ0) is 18.7. The molecule has 2 N–H and O–H groups in total. The third-order valence-corrected chi connectivity index (χ3v) is 5.80. The smallest absolute Gasteiger partial charge is 0.226 e. The molecular weight excluding hydrogens is 326 g/mol. The molecule has 26 heavy (non-hydrogen) atoms. The number of hydrogen-bond donors (Lipinski definition) is 1. The third-order valence-electron chi connectivity index (χ3n) is 5.80. The van der Waals surface area contributed by atoms with Crippen LogP contribution in [0.15, 0.2) is 30.3 Å². The molecule has 1 aliphatic heterocycles. The van der Waals surface area contributed by atoms with Gasteiger partial charge in [-0.1, -0.05) is 37.3 Å². The van der Waals surface area contributed by atoms with E-state index in [9.17, 15) is 9.59 Å². The Labute approximate surface area is 156 Å². The van der Waals surface area contributed by atoms with Crippen LogP contribution in [-0.4, -0.2) is 46.8 Å². The maximum atomic E-state index is 13.1. The van der Waals surface area contributed by atoms with Crippen molar-refractivity contribution < 1.29 is 9.59 Å². The molecule has 142 valence electrons. The molecule has 2 aliphatic rings. The number of rotatable bonds is 6. The Balaban J connectivity index is 1.57. The molecule has 1 heterocycles. The van der Waals surface area contributed by atoms with Crippen LogP contribution in [0.1, 0.15) is 45.1 Å². The molecule has 3 rings (SSSR count). The maximum Gasteiger partial charge on any atom is 0.226 e. The summed E-state index contributed by atoms with van der Waals surface area (Å²) < 4.78 is 0. The summed E-state index contributed by atoms with van der Waals surface area (Å²) in [6.45, 7) is 5.78. The Morgan fingerprint density at radius 3 is 2.27 bits per heavy atom. The largest absolute Gasteiger partial charge is 0.342 e. The molecule has 1 saturated heterocycles. The highest BCUT2D eigenvalue weighted by Gasteiger charge is 2.37. The number of nitrogens with zero attached hydrogens (tertiary/aromatic N) is 2. The van der Waals surface area contributed by atoms with Crippen LogP contribution in [0.5, 0.6) is 0 Å². The maximum absolute atomic E-state index is 13.1. The van der Waals surface area contributed by atoms with Crippen molar-refractivity contribution in [1.82, 2.24) is 9.80 Å². The molecule has 0 bridgehead atoms. The third kappa shape index (κ3) is 4.44. The molecule has 5 heteroatoms. The minimum absolute atomic E-state index is 0.0361. The fraction of sp³-hybridized carbons (Fsp3) is 0.619. The van der Waals surface area contributed by atoms with Gasteiger partial charge in [0.15, 0.2) is 0 Å². The highest BCUT2D eigenvalue weighted by Crippen LogP contribution is 2.32. The monoisotopic (exact) mass is 357 g/mol. The Hall–Kier alpha value is -1.88. The molecule has 1 aliphatic carbocycles. The van der Waals surface area contributed by atoms with Gasteiger partial charge in [0, 0.05) is 37.6 Å². The van der Waals surface area contributed by atoms with Crippen LogP contribution in [0.4, 0.5) is 0 Å². The van der Waals surface area contributed by atoms with Gasteiger partial charge in [-0.15, -0.1) is 0 Å². The van der Waals surface area contributed by atoms with Gasteiger partial charge in [-0.3, -0.25) is 9.59 Å². The quantitative estimate of drug-likeness (QED) is 0.850. The van der Waals surface area contributed by atoms with Crippen LogP contribution in [0, 0.1) is 11.8 Å². The van der Waals surface area contributed by atoms with Crippen molar-refractivity contribution in [3.05, 3.63) is 35.9 Å². The molecule has 2 atom stereocenters. The van der Waals surface area contributed by atoms with Gasteiger partial charge in [0.25, 0.3) is 0 Å². The van der Waals surface area contributed by atoms with Crippen LogP contribution in [0.2, 0.25) is 0 Å². The number of amides is 2. The topological polar surface area (TPSA) is 66.6 Å². The number of benzene rings is 1. The van der Waals surface area contributed by atoms with Crippen LogP contribution in [0.3, 0.4) is 0 Å². The first-order valence-electron chi connectivity index (χ1n) is 9.86. The fourth-order valence-electron chi connectivity index (χ4n) is 3.65. The normalized spacial score (nSPS) is 20.5. The van der Waals surface area contributed by atoms with Crippen molar-refractivity contribution in [2.45, 2.75) is 58.2 Å². The SMILES string of the molecule is CC(N)C(C)C(=O)N1CCC(C(=O)N(Cc2ccccc2)C2CC2)CC1. The lowest BCUT2D eigenvalue weighted by Gasteiger charge is -2.36. The highest BCUT2D eigenvalue weighted by atomic mass is 16.2. The molecule has 1 aromatic rings. The fourth-order valence-corrected chi connectivity index (χ4v) is 3.65. The number of hydrogen-bond acceptors (Lipinski definition) is 3. The highest BCUT2D eigenvalue weighted by molar-refractivity contribution is 5.81. The van der Waals surface area contributed by atoms with Crippen molar-refractivity contribution in [3.63, 3.8) is 0 Å². The number of carbonyl (C=O) groups excluding carboxylic acids is 2. The van der Waals surface area contributed by atoms with E-state index in [2.05, 4.69) is 17.0 Å². The molecule has 1 saturated carbocycles. The van der Waals surface area contributed by atoms with Crippen LogP contribution >= 0.6 is 0 Å².